The van der Waals surface area contributed by atoms with Crippen LogP contribution in [0.2, 0.25) is 0 Å². The van der Waals surface area contributed by atoms with Gasteiger partial charge in [0.15, 0.2) is 6.61 Å². The van der Waals surface area contributed by atoms with E-state index in [-0.39, 0.29) is 18.3 Å². The summed E-state index contributed by atoms with van der Waals surface area (Å²) in [5, 5.41) is 2.74. The summed E-state index contributed by atoms with van der Waals surface area (Å²) in [7, 11) is 0. The van der Waals surface area contributed by atoms with Gasteiger partial charge in [0.05, 0.1) is 10.7 Å². The summed E-state index contributed by atoms with van der Waals surface area (Å²) < 4.78 is 5.07. The lowest BCUT2D eigenvalue weighted by molar-refractivity contribution is -0.161. The fraction of sp³-hybridized carbons (Fsp3) is 0.556. The Kier molecular flexibility index (Phi) is 5.46. The summed E-state index contributed by atoms with van der Waals surface area (Å²) in [5.74, 6) is -0.756. The monoisotopic (exact) mass is 364 g/mol. The number of thiazole rings is 1. The van der Waals surface area contributed by atoms with Crippen LogP contribution >= 0.6 is 11.3 Å². The third-order valence-electron chi connectivity index (χ3n) is 4.08. The molecule has 1 aliphatic rings. The van der Waals surface area contributed by atoms with E-state index in [1.807, 2.05) is 40.0 Å². The summed E-state index contributed by atoms with van der Waals surface area (Å²) in [4.78, 5) is 42.2. The molecule has 0 atom stereocenters. The minimum atomic E-state index is -0.601. The Morgan fingerprint density at radius 2 is 1.88 bits per heavy atom. The number of piperidine rings is 1. The molecule has 1 amide bonds. The lowest BCUT2D eigenvalue weighted by Gasteiger charge is -2.51. The van der Waals surface area contributed by atoms with Gasteiger partial charge in [0.2, 0.25) is 0 Å². The molecule has 0 aromatic carbocycles. The van der Waals surface area contributed by atoms with Crippen molar-refractivity contribution < 1.29 is 19.1 Å². The van der Waals surface area contributed by atoms with Crippen molar-refractivity contribution in [3.8, 4) is 0 Å². The molecular weight excluding hydrogens is 340 g/mol. The van der Waals surface area contributed by atoms with Gasteiger partial charge in [0.25, 0.3) is 5.91 Å². The molecule has 0 N–H and O–H groups in total. The molecule has 0 spiro atoms. The molecule has 1 aromatic rings. The molecule has 0 unspecified atom stereocenters. The van der Waals surface area contributed by atoms with Crippen molar-refractivity contribution in [3.63, 3.8) is 0 Å². The number of hydrogen-bond acceptors (Lipinski definition) is 6. The van der Waals surface area contributed by atoms with Crippen LogP contribution in [0.5, 0.6) is 0 Å². The summed E-state index contributed by atoms with van der Waals surface area (Å²) in [6, 6.07) is 0. The van der Waals surface area contributed by atoms with E-state index in [9.17, 15) is 14.4 Å². The summed E-state index contributed by atoms with van der Waals surface area (Å²) in [6.45, 7) is 8.96. The number of carbonyl (C=O) groups is 3. The number of Topliss-reactive ketones (excluding diaryl/α,β-unsaturated/α-hetero) is 1. The second-order valence-electron chi connectivity index (χ2n) is 7.48. The maximum absolute atomic E-state index is 12.6. The smallest absolute Gasteiger partial charge is 0.331 e. The first kappa shape index (κ1) is 19.3. The van der Waals surface area contributed by atoms with Crippen LogP contribution in [0, 0.1) is 6.92 Å². The van der Waals surface area contributed by atoms with Crippen LogP contribution in [0.3, 0.4) is 0 Å². The minimum Gasteiger partial charge on any atom is -0.452 e. The maximum Gasteiger partial charge on any atom is 0.331 e. The van der Waals surface area contributed by atoms with Crippen molar-refractivity contribution in [1.29, 1.82) is 0 Å². The second-order valence-corrected chi connectivity index (χ2v) is 8.54. The van der Waals surface area contributed by atoms with Crippen molar-refractivity contribution in [2.24, 2.45) is 0 Å². The first-order valence-electron chi connectivity index (χ1n) is 8.13. The van der Waals surface area contributed by atoms with Gasteiger partial charge in [0.1, 0.15) is 5.78 Å². The van der Waals surface area contributed by atoms with Crippen LogP contribution in [0.4, 0.5) is 0 Å². The first-order chi connectivity index (χ1) is 11.5. The van der Waals surface area contributed by atoms with Crippen LogP contribution in [0.25, 0.3) is 6.08 Å². The Labute approximate surface area is 151 Å². The highest BCUT2D eigenvalue weighted by molar-refractivity contribution is 7.09. The van der Waals surface area contributed by atoms with Crippen molar-refractivity contribution in [3.05, 3.63) is 22.2 Å². The van der Waals surface area contributed by atoms with Gasteiger partial charge in [-0.15, -0.1) is 11.3 Å². The molecule has 1 aliphatic heterocycles. The molecule has 136 valence electrons. The lowest BCUT2D eigenvalue weighted by Crippen LogP contribution is -2.63. The number of ether oxygens (including phenoxy) is 1. The summed E-state index contributed by atoms with van der Waals surface area (Å²) in [5.41, 5.74) is -0.519. The van der Waals surface area contributed by atoms with Crippen molar-refractivity contribution in [2.75, 3.05) is 6.61 Å². The highest BCUT2D eigenvalue weighted by atomic mass is 32.1. The van der Waals surface area contributed by atoms with E-state index >= 15 is 0 Å². The molecule has 1 aromatic heterocycles. The standard InChI is InChI=1S/C18H24N2O4S/c1-12-19-13(11-25-12)6-7-16(23)24-10-15(22)20-17(2,3)8-14(21)9-18(20,4)5/h6-7,11H,8-10H2,1-5H3/b7-6+. The topological polar surface area (TPSA) is 76.6 Å². The number of amides is 1. The third-order valence-corrected chi connectivity index (χ3v) is 4.88. The highest BCUT2D eigenvalue weighted by Gasteiger charge is 2.47. The van der Waals surface area contributed by atoms with Crippen LogP contribution < -0.4 is 0 Å². The molecule has 2 heterocycles. The van der Waals surface area contributed by atoms with Gasteiger partial charge in [-0.05, 0) is 40.7 Å². The van der Waals surface area contributed by atoms with E-state index in [0.29, 0.717) is 18.5 Å². The maximum atomic E-state index is 12.6. The highest BCUT2D eigenvalue weighted by Crippen LogP contribution is 2.36. The molecule has 25 heavy (non-hydrogen) atoms. The van der Waals surface area contributed by atoms with Crippen molar-refractivity contribution in [1.82, 2.24) is 9.88 Å². The van der Waals surface area contributed by atoms with Gasteiger partial charge in [-0.2, -0.15) is 0 Å². The van der Waals surface area contributed by atoms with Gasteiger partial charge >= 0.3 is 5.97 Å². The van der Waals surface area contributed by atoms with E-state index in [4.69, 9.17) is 4.74 Å². The summed E-state index contributed by atoms with van der Waals surface area (Å²) >= 11 is 1.49. The zero-order chi connectivity index (χ0) is 18.8. The molecule has 7 heteroatoms. The van der Waals surface area contributed by atoms with Crippen LogP contribution in [0.1, 0.15) is 51.2 Å². The molecule has 0 bridgehead atoms. The van der Waals surface area contributed by atoms with Gasteiger partial charge in [-0.25, -0.2) is 9.78 Å². The SMILES string of the molecule is Cc1nc(/C=C/C(=O)OCC(=O)N2C(C)(C)CC(=O)CC2(C)C)cs1. The van der Waals surface area contributed by atoms with E-state index in [0.717, 1.165) is 5.01 Å². The number of ketones is 1. The van der Waals surface area contributed by atoms with E-state index in [1.165, 1.54) is 17.4 Å². The van der Waals surface area contributed by atoms with Crippen molar-refractivity contribution >= 4 is 35.1 Å². The fourth-order valence-corrected chi connectivity index (χ4v) is 4.12. The number of rotatable bonds is 4. The van der Waals surface area contributed by atoms with Gasteiger partial charge in [0, 0.05) is 35.4 Å². The molecular formula is C18H24N2O4S. The number of likely N-dealkylation sites (tertiary alicyclic amines) is 1. The predicted molar refractivity (Wildman–Crippen MR) is 96.1 cm³/mol. The number of hydrogen-bond donors (Lipinski definition) is 0. The number of nitrogens with zero attached hydrogens (tertiary/aromatic N) is 2. The predicted octanol–water partition coefficient (Wildman–Crippen LogP) is 2.76. The van der Waals surface area contributed by atoms with Gasteiger partial charge in [-0.3, -0.25) is 9.59 Å². The molecule has 0 radical (unpaired) electrons. The molecule has 2 rings (SSSR count). The Morgan fingerprint density at radius 3 is 2.40 bits per heavy atom. The molecule has 6 nitrogen and oxygen atoms in total. The Bertz CT molecular complexity index is 698. The average Bonchev–Trinajstić information content (AvgIpc) is 2.85. The zero-order valence-corrected chi connectivity index (χ0v) is 16.1. The summed E-state index contributed by atoms with van der Waals surface area (Å²) in [6.07, 6.45) is 3.43. The average molecular weight is 364 g/mol. The number of aryl methyl sites for hydroxylation is 1. The van der Waals surface area contributed by atoms with Crippen LogP contribution in [-0.2, 0) is 19.1 Å². The number of carbonyl (C=O) groups excluding carboxylic acids is 3. The second kappa shape index (κ2) is 7.07. The normalized spacial score (nSPS) is 19.2. The lowest BCUT2D eigenvalue weighted by atomic mass is 9.79. The number of aromatic nitrogens is 1. The third kappa shape index (κ3) is 4.75. The van der Waals surface area contributed by atoms with Crippen molar-refractivity contribution in [2.45, 2.75) is 58.5 Å². The zero-order valence-electron chi connectivity index (χ0n) is 15.3. The molecule has 0 saturated carbocycles. The number of esters is 1. The van der Waals surface area contributed by atoms with Gasteiger partial charge in [-0.1, -0.05) is 0 Å². The molecule has 0 aliphatic carbocycles. The Hall–Kier alpha value is -2.02. The molecule has 1 saturated heterocycles. The van der Waals surface area contributed by atoms with E-state index < -0.39 is 17.0 Å². The van der Waals surface area contributed by atoms with Gasteiger partial charge < -0.3 is 9.64 Å². The Morgan fingerprint density at radius 1 is 1.28 bits per heavy atom. The van der Waals surface area contributed by atoms with E-state index in [1.54, 1.807) is 11.0 Å². The Balaban J connectivity index is 1.97. The first-order valence-corrected chi connectivity index (χ1v) is 9.01. The quantitative estimate of drug-likeness (QED) is 0.606. The van der Waals surface area contributed by atoms with E-state index in [2.05, 4.69) is 4.98 Å². The largest absolute Gasteiger partial charge is 0.452 e. The fourth-order valence-electron chi connectivity index (χ4n) is 3.54. The molecule has 1 fully saturated rings. The van der Waals surface area contributed by atoms with Crippen LogP contribution in [-0.4, -0.2) is 45.2 Å². The van der Waals surface area contributed by atoms with Crippen LogP contribution in [0.15, 0.2) is 11.5 Å². The minimum absolute atomic E-state index is 0.137.